The Morgan fingerprint density at radius 1 is 1.40 bits per heavy atom. The zero-order valence-corrected chi connectivity index (χ0v) is 11.1. The number of carbonyl (C=O) groups excluding carboxylic acids is 1. The molecule has 0 saturated heterocycles. The van der Waals surface area contributed by atoms with Crippen LogP contribution in [0.1, 0.15) is 12.8 Å². The fourth-order valence-electron chi connectivity index (χ4n) is 2.12. The first-order chi connectivity index (χ1) is 9.74. The summed E-state index contributed by atoms with van der Waals surface area (Å²) in [6, 6.07) is 9.46. The number of rotatable bonds is 6. The number of nitrogens with one attached hydrogen (secondary N) is 1. The van der Waals surface area contributed by atoms with E-state index in [1.807, 2.05) is 30.3 Å². The zero-order chi connectivity index (χ0) is 13.9. The van der Waals surface area contributed by atoms with Gasteiger partial charge in [-0.05, 0) is 37.1 Å². The maximum atomic E-state index is 11.4. The van der Waals surface area contributed by atoms with Crippen LogP contribution in [0.5, 0.6) is 5.75 Å². The highest BCUT2D eigenvalue weighted by atomic mass is 16.5. The SMILES string of the molecule is NC(=O)C(COc1cccc2ncccc12)NC1CC1. The fourth-order valence-corrected chi connectivity index (χ4v) is 2.12. The lowest BCUT2D eigenvalue weighted by molar-refractivity contribution is -0.120. The molecule has 1 fully saturated rings. The van der Waals surface area contributed by atoms with Gasteiger partial charge in [0.25, 0.3) is 0 Å². The Labute approximate surface area is 117 Å². The van der Waals surface area contributed by atoms with Gasteiger partial charge in [0.05, 0.1) is 5.52 Å². The van der Waals surface area contributed by atoms with Crippen molar-refractivity contribution >= 4 is 16.8 Å². The maximum absolute atomic E-state index is 11.4. The molecule has 1 heterocycles. The molecule has 2 aromatic rings. The third-order valence-corrected chi connectivity index (χ3v) is 3.37. The second kappa shape index (κ2) is 5.46. The van der Waals surface area contributed by atoms with Crippen molar-refractivity contribution < 1.29 is 9.53 Å². The first-order valence-corrected chi connectivity index (χ1v) is 6.76. The average molecular weight is 271 g/mol. The molecule has 0 spiro atoms. The smallest absolute Gasteiger partial charge is 0.238 e. The van der Waals surface area contributed by atoms with Crippen LogP contribution in [0.15, 0.2) is 36.5 Å². The molecule has 0 bridgehead atoms. The summed E-state index contributed by atoms with van der Waals surface area (Å²) in [5.74, 6) is 0.342. The lowest BCUT2D eigenvalue weighted by atomic mass is 10.2. The fraction of sp³-hybridized carbons (Fsp3) is 0.333. The van der Waals surface area contributed by atoms with Gasteiger partial charge in [0, 0.05) is 17.6 Å². The quantitative estimate of drug-likeness (QED) is 0.828. The molecule has 1 unspecified atom stereocenters. The number of benzene rings is 1. The maximum Gasteiger partial charge on any atom is 0.238 e. The molecular weight excluding hydrogens is 254 g/mol. The van der Waals surface area contributed by atoms with Gasteiger partial charge in [-0.2, -0.15) is 0 Å². The molecule has 1 aromatic carbocycles. The number of pyridine rings is 1. The number of aromatic nitrogens is 1. The van der Waals surface area contributed by atoms with Crippen molar-refractivity contribution in [3.63, 3.8) is 0 Å². The highest BCUT2D eigenvalue weighted by Crippen LogP contribution is 2.24. The van der Waals surface area contributed by atoms with Gasteiger partial charge in [0.15, 0.2) is 0 Å². The van der Waals surface area contributed by atoms with E-state index < -0.39 is 6.04 Å². The van der Waals surface area contributed by atoms with E-state index in [0.717, 1.165) is 29.5 Å². The molecule has 1 saturated carbocycles. The van der Waals surface area contributed by atoms with E-state index in [1.54, 1.807) is 6.20 Å². The summed E-state index contributed by atoms with van der Waals surface area (Å²) in [5.41, 5.74) is 6.27. The summed E-state index contributed by atoms with van der Waals surface area (Å²) in [4.78, 5) is 15.7. The topological polar surface area (TPSA) is 77.2 Å². The van der Waals surface area contributed by atoms with Crippen LogP contribution in [0, 0.1) is 0 Å². The van der Waals surface area contributed by atoms with E-state index >= 15 is 0 Å². The first-order valence-electron chi connectivity index (χ1n) is 6.76. The summed E-state index contributed by atoms with van der Waals surface area (Å²) in [7, 11) is 0. The van der Waals surface area contributed by atoms with Crippen LogP contribution in [-0.4, -0.2) is 29.6 Å². The third kappa shape index (κ3) is 2.88. The number of hydrogen-bond acceptors (Lipinski definition) is 4. The highest BCUT2D eigenvalue weighted by Gasteiger charge is 2.27. The van der Waals surface area contributed by atoms with E-state index in [0.29, 0.717) is 6.04 Å². The molecule has 1 amide bonds. The minimum absolute atomic E-state index is 0.236. The van der Waals surface area contributed by atoms with Crippen LogP contribution in [-0.2, 0) is 4.79 Å². The Morgan fingerprint density at radius 3 is 3.00 bits per heavy atom. The van der Waals surface area contributed by atoms with Crippen molar-refractivity contribution in [2.24, 2.45) is 5.73 Å². The summed E-state index contributed by atoms with van der Waals surface area (Å²) in [6.07, 6.45) is 3.94. The molecule has 5 heteroatoms. The molecule has 5 nitrogen and oxygen atoms in total. The Hall–Kier alpha value is -2.14. The monoisotopic (exact) mass is 271 g/mol. The number of carbonyl (C=O) groups is 1. The first kappa shape index (κ1) is 12.9. The minimum Gasteiger partial charge on any atom is -0.491 e. The summed E-state index contributed by atoms with van der Waals surface area (Å²) >= 11 is 0. The highest BCUT2D eigenvalue weighted by molar-refractivity contribution is 5.85. The van der Waals surface area contributed by atoms with E-state index in [-0.39, 0.29) is 12.5 Å². The second-order valence-electron chi connectivity index (χ2n) is 5.03. The molecule has 3 N–H and O–H groups in total. The van der Waals surface area contributed by atoms with Crippen molar-refractivity contribution in [1.82, 2.24) is 10.3 Å². The van der Waals surface area contributed by atoms with Crippen LogP contribution < -0.4 is 15.8 Å². The molecule has 20 heavy (non-hydrogen) atoms. The van der Waals surface area contributed by atoms with Gasteiger partial charge in [-0.15, -0.1) is 0 Å². The van der Waals surface area contributed by atoms with Gasteiger partial charge in [-0.25, -0.2) is 0 Å². The summed E-state index contributed by atoms with van der Waals surface area (Å²) in [5, 5.41) is 4.13. The molecule has 0 radical (unpaired) electrons. The van der Waals surface area contributed by atoms with E-state index in [4.69, 9.17) is 10.5 Å². The largest absolute Gasteiger partial charge is 0.491 e. The van der Waals surface area contributed by atoms with Crippen LogP contribution in [0.4, 0.5) is 0 Å². The minimum atomic E-state index is -0.450. The molecule has 0 aliphatic heterocycles. The molecule has 3 rings (SSSR count). The predicted molar refractivity (Wildman–Crippen MR) is 76.4 cm³/mol. The zero-order valence-electron chi connectivity index (χ0n) is 11.1. The predicted octanol–water partition coefficient (Wildman–Crippen LogP) is 1.22. The van der Waals surface area contributed by atoms with Crippen LogP contribution in [0.25, 0.3) is 10.9 Å². The second-order valence-corrected chi connectivity index (χ2v) is 5.03. The molecule has 1 atom stereocenters. The Morgan fingerprint density at radius 2 is 2.25 bits per heavy atom. The number of hydrogen-bond donors (Lipinski definition) is 2. The average Bonchev–Trinajstić information content (AvgIpc) is 3.27. The number of ether oxygens (including phenoxy) is 1. The number of fused-ring (bicyclic) bond motifs is 1. The third-order valence-electron chi connectivity index (χ3n) is 3.37. The summed E-state index contributed by atoms with van der Waals surface area (Å²) in [6.45, 7) is 0.236. The number of amides is 1. The lowest BCUT2D eigenvalue weighted by Crippen LogP contribution is -2.46. The van der Waals surface area contributed by atoms with Crippen molar-refractivity contribution in [2.75, 3.05) is 6.61 Å². The van der Waals surface area contributed by atoms with E-state index in [1.165, 1.54) is 0 Å². The van der Waals surface area contributed by atoms with Crippen molar-refractivity contribution in [1.29, 1.82) is 0 Å². The Kier molecular flexibility index (Phi) is 3.52. The Bertz CT molecular complexity index is 620. The van der Waals surface area contributed by atoms with Crippen molar-refractivity contribution in [3.8, 4) is 5.75 Å². The van der Waals surface area contributed by atoms with E-state index in [2.05, 4.69) is 10.3 Å². The number of primary amides is 1. The van der Waals surface area contributed by atoms with Gasteiger partial charge in [0.2, 0.25) is 5.91 Å². The number of nitrogens with two attached hydrogens (primary N) is 1. The normalized spacial score (nSPS) is 16.0. The summed E-state index contributed by atoms with van der Waals surface area (Å²) < 4.78 is 5.77. The van der Waals surface area contributed by atoms with Crippen molar-refractivity contribution in [2.45, 2.75) is 24.9 Å². The standard InChI is InChI=1S/C15H17N3O2/c16-15(19)13(18-10-6-7-10)9-20-14-5-1-4-12-11(14)3-2-8-17-12/h1-5,8,10,13,18H,6-7,9H2,(H2,16,19). The van der Waals surface area contributed by atoms with Gasteiger partial charge >= 0.3 is 0 Å². The van der Waals surface area contributed by atoms with Gasteiger partial charge in [-0.1, -0.05) is 6.07 Å². The molecule has 1 aromatic heterocycles. The molecule has 104 valence electrons. The molecular formula is C15H17N3O2. The van der Waals surface area contributed by atoms with Crippen LogP contribution in [0.2, 0.25) is 0 Å². The molecule has 1 aliphatic rings. The number of nitrogens with zero attached hydrogens (tertiary/aromatic N) is 1. The molecule has 1 aliphatic carbocycles. The Balaban J connectivity index is 1.73. The van der Waals surface area contributed by atoms with Crippen LogP contribution in [0.3, 0.4) is 0 Å². The van der Waals surface area contributed by atoms with Gasteiger partial charge in [-0.3, -0.25) is 9.78 Å². The van der Waals surface area contributed by atoms with Gasteiger partial charge in [0.1, 0.15) is 18.4 Å². The lowest BCUT2D eigenvalue weighted by Gasteiger charge is -2.16. The van der Waals surface area contributed by atoms with Crippen molar-refractivity contribution in [3.05, 3.63) is 36.5 Å². The van der Waals surface area contributed by atoms with Crippen LogP contribution >= 0.6 is 0 Å². The van der Waals surface area contributed by atoms with Gasteiger partial charge < -0.3 is 15.8 Å². The van der Waals surface area contributed by atoms with E-state index in [9.17, 15) is 4.79 Å².